The molecule has 1 aromatic carbocycles. The number of nitrogens with zero attached hydrogens (tertiary/aromatic N) is 1. The fourth-order valence-electron chi connectivity index (χ4n) is 1.92. The molecule has 1 aromatic rings. The maximum atomic E-state index is 11.7. The van der Waals surface area contributed by atoms with Crippen molar-refractivity contribution >= 4 is 5.91 Å². The Bertz CT molecular complexity index is 405. The Morgan fingerprint density at radius 2 is 2.31 bits per heavy atom. The second kappa shape index (κ2) is 4.14. The standard InChI is InChI=1S/C12H15NO3/c1-13(16-2)12(15)11-7-10(11)8-4-3-5-9(14)6-8/h3-6,10-11,14H,7H2,1-2H3. The van der Waals surface area contributed by atoms with E-state index < -0.39 is 0 Å². The highest BCUT2D eigenvalue weighted by atomic mass is 16.7. The van der Waals surface area contributed by atoms with Crippen molar-refractivity contribution in [2.24, 2.45) is 5.92 Å². The summed E-state index contributed by atoms with van der Waals surface area (Å²) in [5, 5.41) is 10.6. The summed E-state index contributed by atoms with van der Waals surface area (Å²) < 4.78 is 0. The van der Waals surface area contributed by atoms with E-state index in [0.29, 0.717) is 0 Å². The number of hydrogen-bond donors (Lipinski definition) is 1. The lowest BCUT2D eigenvalue weighted by Crippen LogP contribution is -2.27. The summed E-state index contributed by atoms with van der Waals surface area (Å²) in [6.45, 7) is 0. The number of aromatic hydroxyl groups is 1. The Morgan fingerprint density at radius 1 is 1.56 bits per heavy atom. The largest absolute Gasteiger partial charge is 0.508 e. The van der Waals surface area contributed by atoms with E-state index in [1.54, 1.807) is 25.2 Å². The quantitative estimate of drug-likeness (QED) is 0.787. The summed E-state index contributed by atoms with van der Waals surface area (Å²) in [5.74, 6) is 0.454. The third kappa shape index (κ3) is 2.02. The van der Waals surface area contributed by atoms with Gasteiger partial charge in [-0.25, -0.2) is 5.06 Å². The zero-order valence-corrected chi connectivity index (χ0v) is 9.38. The van der Waals surface area contributed by atoms with E-state index in [1.807, 2.05) is 6.07 Å². The minimum atomic E-state index is -0.00764. The molecule has 0 aliphatic heterocycles. The van der Waals surface area contributed by atoms with Crippen LogP contribution in [0.2, 0.25) is 0 Å². The van der Waals surface area contributed by atoms with Crippen LogP contribution < -0.4 is 0 Å². The van der Waals surface area contributed by atoms with Crippen LogP contribution in [0.5, 0.6) is 5.75 Å². The van der Waals surface area contributed by atoms with Gasteiger partial charge in [0.05, 0.1) is 7.11 Å². The highest BCUT2D eigenvalue weighted by molar-refractivity contribution is 5.81. The molecular formula is C12H15NO3. The van der Waals surface area contributed by atoms with E-state index in [-0.39, 0.29) is 23.5 Å². The van der Waals surface area contributed by atoms with Crippen LogP contribution in [0.1, 0.15) is 17.9 Å². The molecule has 1 saturated carbocycles. The monoisotopic (exact) mass is 221 g/mol. The van der Waals surface area contributed by atoms with E-state index in [4.69, 9.17) is 4.84 Å². The lowest BCUT2D eigenvalue weighted by Gasteiger charge is -2.13. The van der Waals surface area contributed by atoms with Crippen LogP contribution in [0, 0.1) is 5.92 Å². The fraction of sp³-hybridized carbons (Fsp3) is 0.417. The first-order valence-corrected chi connectivity index (χ1v) is 5.24. The molecule has 4 heteroatoms. The smallest absolute Gasteiger partial charge is 0.249 e. The van der Waals surface area contributed by atoms with Gasteiger partial charge in [0.2, 0.25) is 5.91 Å². The van der Waals surface area contributed by atoms with Gasteiger partial charge in [0.15, 0.2) is 0 Å². The van der Waals surface area contributed by atoms with Crippen molar-refractivity contribution in [2.45, 2.75) is 12.3 Å². The number of amides is 1. The average molecular weight is 221 g/mol. The summed E-state index contributed by atoms with van der Waals surface area (Å²) >= 11 is 0. The van der Waals surface area contributed by atoms with Crippen molar-refractivity contribution in [3.63, 3.8) is 0 Å². The van der Waals surface area contributed by atoms with Crippen molar-refractivity contribution in [3.8, 4) is 5.75 Å². The zero-order chi connectivity index (χ0) is 11.7. The van der Waals surface area contributed by atoms with Crippen LogP contribution in [0.4, 0.5) is 0 Å². The first-order valence-electron chi connectivity index (χ1n) is 5.24. The first kappa shape index (κ1) is 11.0. The molecule has 2 rings (SSSR count). The number of benzene rings is 1. The van der Waals surface area contributed by atoms with Gasteiger partial charge in [-0.3, -0.25) is 9.63 Å². The molecule has 0 spiro atoms. The summed E-state index contributed by atoms with van der Waals surface area (Å²) in [5.41, 5.74) is 1.02. The third-order valence-electron chi connectivity index (χ3n) is 2.99. The van der Waals surface area contributed by atoms with Gasteiger partial charge in [0.25, 0.3) is 0 Å². The van der Waals surface area contributed by atoms with Crippen LogP contribution in [-0.2, 0) is 9.63 Å². The van der Waals surface area contributed by atoms with Gasteiger partial charge < -0.3 is 5.11 Å². The molecular weight excluding hydrogens is 206 g/mol. The zero-order valence-electron chi connectivity index (χ0n) is 9.38. The predicted octanol–water partition coefficient (Wildman–Crippen LogP) is 1.52. The van der Waals surface area contributed by atoms with Crippen molar-refractivity contribution in [3.05, 3.63) is 29.8 Å². The molecule has 1 aliphatic rings. The van der Waals surface area contributed by atoms with Gasteiger partial charge in [-0.05, 0) is 30.0 Å². The molecule has 1 aliphatic carbocycles. The van der Waals surface area contributed by atoms with Gasteiger partial charge in [-0.2, -0.15) is 0 Å². The van der Waals surface area contributed by atoms with E-state index in [1.165, 1.54) is 12.2 Å². The molecule has 0 bridgehead atoms. The van der Waals surface area contributed by atoms with E-state index in [0.717, 1.165) is 12.0 Å². The Balaban J connectivity index is 2.04. The molecule has 2 atom stereocenters. The molecule has 86 valence electrons. The van der Waals surface area contributed by atoms with Gasteiger partial charge in [-0.15, -0.1) is 0 Å². The van der Waals surface area contributed by atoms with Gasteiger partial charge in [-0.1, -0.05) is 12.1 Å². The van der Waals surface area contributed by atoms with Crippen LogP contribution in [0.15, 0.2) is 24.3 Å². The molecule has 0 saturated heterocycles. The summed E-state index contributed by atoms with van der Waals surface area (Å²) in [4.78, 5) is 16.6. The molecule has 2 unspecified atom stereocenters. The summed E-state index contributed by atoms with van der Waals surface area (Å²) in [6, 6.07) is 7.07. The molecule has 1 amide bonds. The number of phenolic OH excluding ortho intramolecular Hbond substituents is 1. The molecule has 4 nitrogen and oxygen atoms in total. The number of rotatable bonds is 3. The van der Waals surface area contributed by atoms with Crippen molar-refractivity contribution < 1.29 is 14.7 Å². The third-order valence-corrected chi connectivity index (χ3v) is 2.99. The maximum Gasteiger partial charge on any atom is 0.249 e. The summed E-state index contributed by atoms with van der Waals surface area (Å²) in [7, 11) is 3.09. The normalized spacial score (nSPS) is 22.9. The van der Waals surface area contributed by atoms with Crippen molar-refractivity contribution in [2.75, 3.05) is 14.2 Å². The van der Waals surface area contributed by atoms with Crippen molar-refractivity contribution in [1.29, 1.82) is 0 Å². The molecule has 0 aromatic heterocycles. The Labute approximate surface area is 94.4 Å². The Kier molecular flexibility index (Phi) is 2.83. The highest BCUT2D eigenvalue weighted by Crippen LogP contribution is 2.48. The van der Waals surface area contributed by atoms with Gasteiger partial charge in [0.1, 0.15) is 5.75 Å². The van der Waals surface area contributed by atoms with E-state index in [2.05, 4.69) is 0 Å². The average Bonchev–Trinajstić information content (AvgIpc) is 3.07. The second-order valence-electron chi connectivity index (χ2n) is 4.06. The van der Waals surface area contributed by atoms with Crippen LogP contribution >= 0.6 is 0 Å². The Hall–Kier alpha value is -1.55. The molecule has 0 heterocycles. The lowest BCUT2D eigenvalue weighted by molar-refractivity contribution is -0.170. The minimum Gasteiger partial charge on any atom is -0.508 e. The molecule has 1 fully saturated rings. The number of phenols is 1. The first-order chi connectivity index (χ1) is 7.63. The Morgan fingerprint density at radius 3 is 2.94 bits per heavy atom. The van der Waals surface area contributed by atoms with E-state index >= 15 is 0 Å². The second-order valence-corrected chi connectivity index (χ2v) is 4.06. The molecule has 16 heavy (non-hydrogen) atoms. The minimum absolute atomic E-state index is 0.00385. The SMILES string of the molecule is CON(C)C(=O)C1CC1c1cccc(O)c1. The van der Waals surface area contributed by atoms with Gasteiger partial charge >= 0.3 is 0 Å². The lowest BCUT2D eigenvalue weighted by atomic mass is 10.1. The topological polar surface area (TPSA) is 49.8 Å². The maximum absolute atomic E-state index is 11.7. The molecule has 0 radical (unpaired) electrons. The van der Waals surface area contributed by atoms with Crippen LogP contribution in [0.25, 0.3) is 0 Å². The van der Waals surface area contributed by atoms with Gasteiger partial charge in [0, 0.05) is 13.0 Å². The molecule has 1 N–H and O–H groups in total. The summed E-state index contributed by atoms with van der Waals surface area (Å²) in [6.07, 6.45) is 0.829. The highest BCUT2D eigenvalue weighted by Gasteiger charge is 2.45. The van der Waals surface area contributed by atoms with Crippen molar-refractivity contribution in [1.82, 2.24) is 5.06 Å². The predicted molar refractivity (Wildman–Crippen MR) is 58.7 cm³/mol. The number of hydrogen-bond acceptors (Lipinski definition) is 3. The fourth-order valence-corrected chi connectivity index (χ4v) is 1.92. The van der Waals surface area contributed by atoms with E-state index in [9.17, 15) is 9.90 Å². The number of carbonyl (C=O) groups is 1. The number of carbonyl (C=O) groups excluding carboxylic acids is 1. The number of hydroxylamine groups is 2. The van der Waals surface area contributed by atoms with Crippen LogP contribution in [0.3, 0.4) is 0 Å². The van der Waals surface area contributed by atoms with Crippen LogP contribution in [-0.4, -0.2) is 30.2 Å².